The molecule has 1 fully saturated rings. The highest BCUT2D eigenvalue weighted by Gasteiger charge is 2.21. The van der Waals surface area contributed by atoms with Gasteiger partial charge in [0, 0.05) is 44.3 Å². The summed E-state index contributed by atoms with van der Waals surface area (Å²) >= 11 is 0. The molecule has 0 N–H and O–H groups in total. The van der Waals surface area contributed by atoms with Crippen molar-refractivity contribution in [3.05, 3.63) is 103 Å². The van der Waals surface area contributed by atoms with Gasteiger partial charge in [-0.2, -0.15) is 0 Å². The van der Waals surface area contributed by atoms with Crippen LogP contribution in [0.4, 0.5) is 21.7 Å². The van der Waals surface area contributed by atoms with Gasteiger partial charge in [0.25, 0.3) is 5.91 Å². The number of hydrogen-bond acceptors (Lipinski definition) is 6. The van der Waals surface area contributed by atoms with E-state index in [0.29, 0.717) is 17.8 Å². The number of rotatable bonds is 6. The van der Waals surface area contributed by atoms with E-state index in [4.69, 9.17) is 4.42 Å². The molecule has 1 aromatic carbocycles. The van der Waals surface area contributed by atoms with Gasteiger partial charge in [-0.15, -0.1) is 0 Å². The fraction of sp³-hybridized carbons (Fsp3) is 0.192. The van der Waals surface area contributed by atoms with Crippen molar-refractivity contribution in [2.45, 2.75) is 6.54 Å². The molecule has 34 heavy (non-hydrogen) atoms. The van der Waals surface area contributed by atoms with Crippen molar-refractivity contribution in [2.24, 2.45) is 0 Å². The maximum absolute atomic E-state index is 13.5. The zero-order valence-electron chi connectivity index (χ0n) is 18.5. The van der Waals surface area contributed by atoms with Gasteiger partial charge in [-0.1, -0.05) is 12.1 Å². The number of halogens is 1. The van der Waals surface area contributed by atoms with Crippen LogP contribution in [0.15, 0.2) is 90.0 Å². The highest BCUT2D eigenvalue weighted by molar-refractivity contribution is 6.05. The largest absolute Gasteiger partial charge is 0.472 e. The number of benzene rings is 1. The number of hydrogen-bond donors (Lipinski definition) is 0. The van der Waals surface area contributed by atoms with E-state index in [9.17, 15) is 9.18 Å². The average Bonchev–Trinajstić information content (AvgIpc) is 3.44. The molecule has 4 aromatic rings. The molecule has 0 saturated carbocycles. The van der Waals surface area contributed by atoms with E-state index in [1.54, 1.807) is 29.3 Å². The molecule has 0 spiro atoms. The molecule has 1 amide bonds. The van der Waals surface area contributed by atoms with Gasteiger partial charge in [0.1, 0.15) is 23.7 Å². The molecule has 3 aromatic heterocycles. The van der Waals surface area contributed by atoms with Gasteiger partial charge in [0.15, 0.2) is 0 Å². The molecule has 172 valence electrons. The van der Waals surface area contributed by atoms with Crippen LogP contribution in [0.1, 0.15) is 15.9 Å². The van der Waals surface area contributed by atoms with E-state index in [0.717, 1.165) is 43.4 Å². The van der Waals surface area contributed by atoms with Crippen LogP contribution >= 0.6 is 0 Å². The highest BCUT2D eigenvalue weighted by atomic mass is 19.1. The number of piperazine rings is 1. The third-order valence-corrected chi connectivity index (χ3v) is 5.88. The Balaban J connectivity index is 1.28. The summed E-state index contributed by atoms with van der Waals surface area (Å²) in [6.45, 7) is 3.75. The van der Waals surface area contributed by atoms with Crippen molar-refractivity contribution in [3.8, 4) is 0 Å². The van der Waals surface area contributed by atoms with E-state index >= 15 is 0 Å². The molecule has 0 atom stereocenters. The van der Waals surface area contributed by atoms with E-state index < -0.39 is 0 Å². The molecule has 0 unspecified atom stereocenters. The number of anilines is 3. The maximum atomic E-state index is 13.5. The molecule has 4 heterocycles. The highest BCUT2D eigenvalue weighted by Crippen LogP contribution is 2.23. The summed E-state index contributed by atoms with van der Waals surface area (Å²) in [6.07, 6.45) is 6.47. The van der Waals surface area contributed by atoms with Crippen molar-refractivity contribution >= 4 is 23.2 Å². The predicted octanol–water partition coefficient (Wildman–Crippen LogP) is 4.38. The minimum Gasteiger partial charge on any atom is -0.472 e. The first kappa shape index (κ1) is 21.6. The lowest BCUT2D eigenvalue weighted by molar-refractivity contribution is 0.0984. The van der Waals surface area contributed by atoms with Crippen molar-refractivity contribution in [1.29, 1.82) is 0 Å². The number of carbonyl (C=O) groups is 1. The van der Waals surface area contributed by atoms with Gasteiger partial charge < -0.3 is 19.1 Å². The van der Waals surface area contributed by atoms with Crippen LogP contribution in [0.2, 0.25) is 0 Å². The van der Waals surface area contributed by atoms with Crippen LogP contribution in [0.25, 0.3) is 0 Å². The lowest BCUT2D eigenvalue weighted by Crippen LogP contribution is -2.47. The standard InChI is InChI=1S/C26H24FN5O2/c27-22-5-7-23(8-6-22)32(26(33)21-10-16-34-19-21)18-20-4-9-25(29-17-20)31-14-12-30(13-15-31)24-3-1-2-11-28-24/h1-11,16-17,19H,12-15,18H2. The molecule has 0 bridgehead atoms. The molecular weight excluding hydrogens is 433 g/mol. The Kier molecular flexibility index (Phi) is 6.20. The van der Waals surface area contributed by atoms with Crippen molar-refractivity contribution in [3.63, 3.8) is 0 Å². The second-order valence-electron chi connectivity index (χ2n) is 8.07. The number of nitrogens with zero attached hydrogens (tertiary/aromatic N) is 5. The molecule has 1 aliphatic rings. The Morgan fingerprint density at radius 2 is 1.65 bits per heavy atom. The van der Waals surface area contributed by atoms with Gasteiger partial charge in [-0.25, -0.2) is 14.4 Å². The van der Waals surface area contributed by atoms with Crippen LogP contribution in [0.5, 0.6) is 0 Å². The summed E-state index contributed by atoms with van der Waals surface area (Å²) in [4.78, 5) is 28.3. The molecule has 1 aliphatic heterocycles. The van der Waals surface area contributed by atoms with Crippen LogP contribution in [0, 0.1) is 5.82 Å². The quantitative estimate of drug-likeness (QED) is 0.428. The van der Waals surface area contributed by atoms with Gasteiger partial charge in [0.2, 0.25) is 0 Å². The lowest BCUT2D eigenvalue weighted by Gasteiger charge is -2.36. The maximum Gasteiger partial charge on any atom is 0.261 e. The van der Waals surface area contributed by atoms with Crippen molar-refractivity contribution < 1.29 is 13.6 Å². The van der Waals surface area contributed by atoms with Crippen LogP contribution in [-0.2, 0) is 6.54 Å². The van der Waals surface area contributed by atoms with Crippen LogP contribution in [-0.4, -0.2) is 42.1 Å². The summed E-state index contributed by atoms with van der Waals surface area (Å²) in [5.41, 5.74) is 1.90. The fourth-order valence-corrected chi connectivity index (χ4v) is 4.03. The SMILES string of the molecule is O=C(c1ccoc1)N(Cc1ccc(N2CCN(c3ccccn3)CC2)nc1)c1ccc(F)cc1. The first-order valence-electron chi connectivity index (χ1n) is 11.1. The molecule has 0 radical (unpaired) electrons. The molecule has 5 rings (SSSR count). The summed E-state index contributed by atoms with van der Waals surface area (Å²) in [5.74, 6) is 1.32. The fourth-order valence-electron chi connectivity index (χ4n) is 4.03. The lowest BCUT2D eigenvalue weighted by atomic mass is 10.2. The zero-order valence-corrected chi connectivity index (χ0v) is 18.5. The minimum atomic E-state index is -0.353. The topological polar surface area (TPSA) is 65.7 Å². The number of carbonyl (C=O) groups excluding carboxylic acids is 1. The third kappa shape index (κ3) is 4.76. The molecule has 0 aliphatic carbocycles. The molecule has 7 nitrogen and oxygen atoms in total. The summed E-state index contributed by atoms with van der Waals surface area (Å²) in [6, 6.07) is 17.4. The minimum absolute atomic E-state index is 0.227. The smallest absolute Gasteiger partial charge is 0.261 e. The Bertz CT molecular complexity index is 1210. The van der Waals surface area contributed by atoms with Crippen molar-refractivity contribution in [2.75, 3.05) is 40.9 Å². The molecular formula is C26H24FN5O2. The van der Waals surface area contributed by atoms with Gasteiger partial charge >= 0.3 is 0 Å². The normalized spacial score (nSPS) is 13.7. The first-order valence-corrected chi connectivity index (χ1v) is 11.1. The molecule has 1 saturated heterocycles. The average molecular weight is 458 g/mol. The molecule has 8 heteroatoms. The van der Waals surface area contributed by atoms with Crippen molar-refractivity contribution in [1.82, 2.24) is 9.97 Å². The monoisotopic (exact) mass is 457 g/mol. The third-order valence-electron chi connectivity index (χ3n) is 5.88. The summed E-state index contributed by atoms with van der Waals surface area (Å²) < 4.78 is 18.5. The Morgan fingerprint density at radius 1 is 0.912 bits per heavy atom. The van der Waals surface area contributed by atoms with Gasteiger partial charge in [0.05, 0.1) is 18.4 Å². The number of furan rings is 1. The van der Waals surface area contributed by atoms with Crippen LogP contribution in [0.3, 0.4) is 0 Å². The predicted molar refractivity (Wildman–Crippen MR) is 129 cm³/mol. The zero-order chi connectivity index (χ0) is 23.3. The van der Waals surface area contributed by atoms with Gasteiger partial charge in [-0.3, -0.25) is 4.79 Å². The van der Waals surface area contributed by atoms with Gasteiger partial charge in [-0.05, 0) is 54.1 Å². The van der Waals surface area contributed by atoms with Crippen LogP contribution < -0.4 is 14.7 Å². The Hall–Kier alpha value is -4.20. The van der Waals surface area contributed by atoms with E-state index in [2.05, 4.69) is 19.8 Å². The number of pyridine rings is 2. The second-order valence-corrected chi connectivity index (χ2v) is 8.07. The van der Waals surface area contributed by atoms with E-state index in [1.165, 1.54) is 24.7 Å². The van der Waals surface area contributed by atoms with E-state index in [-0.39, 0.29) is 11.7 Å². The summed E-state index contributed by atoms with van der Waals surface area (Å²) in [5, 5.41) is 0. The first-order chi connectivity index (χ1) is 16.7. The number of amides is 1. The summed E-state index contributed by atoms with van der Waals surface area (Å²) in [7, 11) is 0. The van der Waals surface area contributed by atoms with E-state index in [1.807, 2.05) is 36.5 Å². The second kappa shape index (κ2) is 9.74. The Morgan fingerprint density at radius 3 is 2.24 bits per heavy atom. The number of aromatic nitrogens is 2. The Labute approximate surface area is 197 Å².